The Kier molecular flexibility index (Phi) is 17.4. The SMILES string of the molecule is C1=CC2[CH-]CCC2C=C1.C[C](C)=[Ti+2].C[Si](C)(C)[NH-].[Cl-].[Cl-]. The van der Waals surface area contributed by atoms with Gasteiger partial charge in [0.1, 0.15) is 0 Å². The molecule has 0 aliphatic heterocycles. The Morgan fingerprint density at radius 2 is 1.55 bits per heavy atom. The number of halogens is 2. The summed E-state index contributed by atoms with van der Waals surface area (Å²) in [4.78, 5) is 0. The van der Waals surface area contributed by atoms with E-state index in [-0.39, 0.29) is 24.8 Å². The molecule has 0 amide bonds. The zero-order valence-electron chi connectivity index (χ0n) is 13.2. The van der Waals surface area contributed by atoms with Gasteiger partial charge >= 0.3 is 37.6 Å². The van der Waals surface area contributed by atoms with Gasteiger partial charge in [-0.15, -0.1) is 12.0 Å². The molecule has 0 saturated heterocycles. The third-order valence-corrected chi connectivity index (χ3v) is 2.24. The van der Waals surface area contributed by atoms with Gasteiger partial charge in [0.05, 0.1) is 0 Å². The summed E-state index contributed by atoms with van der Waals surface area (Å²) in [6.07, 6.45) is 14.1. The van der Waals surface area contributed by atoms with E-state index in [4.69, 9.17) is 5.40 Å². The van der Waals surface area contributed by atoms with Crippen LogP contribution in [0.5, 0.6) is 0 Å². The van der Waals surface area contributed by atoms with Crippen molar-refractivity contribution in [3.05, 3.63) is 36.1 Å². The Bertz CT molecular complexity index is 283. The molecule has 1 nitrogen and oxygen atoms in total. The van der Waals surface area contributed by atoms with Crippen LogP contribution in [-0.4, -0.2) is 12.0 Å². The predicted molar refractivity (Wildman–Crippen MR) is 82.8 cm³/mol. The van der Waals surface area contributed by atoms with Crippen LogP contribution in [0.3, 0.4) is 0 Å². The van der Waals surface area contributed by atoms with Crippen molar-refractivity contribution in [3.63, 3.8) is 0 Å². The average molecular weight is 368 g/mol. The zero-order valence-corrected chi connectivity index (χ0v) is 17.3. The largest absolute Gasteiger partial charge is 1.00 e. The summed E-state index contributed by atoms with van der Waals surface area (Å²) in [5.41, 5.74) is 0. The summed E-state index contributed by atoms with van der Waals surface area (Å²) in [6, 6.07) is 0. The van der Waals surface area contributed by atoms with E-state index in [1.54, 1.807) is 0 Å². The van der Waals surface area contributed by atoms with Gasteiger partial charge < -0.3 is 36.6 Å². The van der Waals surface area contributed by atoms with Crippen LogP contribution in [0.15, 0.2) is 24.3 Å². The van der Waals surface area contributed by atoms with Gasteiger partial charge in [-0.1, -0.05) is 52.5 Å². The first-order valence-corrected chi connectivity index (χ1v) is 10.9. The van der Waals surface area contributed by atoms with Crippen molar-refractivity contribution in [3.8, 4) is 0 Å². The molecule has 0 bridgehead atoms. The second-order valence-corrected chi connectivity index (χ2v) is 12.1. The molecular weight excluding hydrogens is 341 g/mol. The van der Waals surface area contributed by atoms with Crippen LogP contribution >= 0.6 is 0 Å². The van der Waals surface area contributed by atoms with Crippen molar-refractivity contribution >= 4 is 12.0 Å². The van der Waals surface area contributed by atoms with Crippen molar-refractivity contribution in [1.82, 2.24) is 0 Å². The normalized spacial score (nSPS) is 22.0. The number of hydrogen-bond donors (Lipinski definition) is 0. The van der Waals surface area contributed by atoms with E-state index < -0.39 is 8.24 Å². The van der Waals surface area contributed by atoms with Crippen molar-refractivity contribution in [1.29, 1.82) is 0 Å². The van der Waals surface area contributed by atoms with E-state index in [1.165, 1.54) is 16.7 Å². The standard InChI is InChI=1S/C9H11.C3H10NSi.C3H6.2ClH.Ti/c1-2-5-9-7-3-6-8(9)4-1;1-5(2,3)4;1-3-2;;;/h1-2,4-6,8-9H,3,7H2;4H,1-3H3;1-2H3;2*1H;/q2*-1;;;;+2/p-2. The molecule has 5 heteroatoms. The molecule has 116 valence electrons. The molecule has 1 fully saturated rings. The van der Waals surface area contributed by atoms with Crippen LogP contribution in [0, 0.1) is 18.3 Å². The molecule has 2 unspecified atom stereocenters. The van der Waals surface area contributed by atoms with Gasteiger partial charge in [-0.25, -0.2) is 0 Å². The second-order valence-electron chi connectivity index (χ2n) is 6.07. The Labute approximate surface area is 150 Å². The molecule has 2 aliphatic carbocycles. The molecule has 2 rings (SSSR count). The maximum atomic E-state index is 7.08. The van der Waals surface area contributed by atoms with Crippen molar-refractivity contribution in [2.24, 2.45) is 11.8 Å². The summed E-state index contributed by atoms with van der Waals surface area (Å²) in [7, 11) is -1.36. The predicted octanol–water partition coefficient (Wildman–Crippen LogP) is -1.03. The van der Waals surface area contributed by atoms with Gasteiger partial charge in [-0.2, -0.15) is 6.42 Å². The molecule has 2 atom stereocenters. The van der Waals surface area contributed by atoms with E-state index in [1.807, 2.05) is 19.6 Å². The molecule has 0 aromatic heterocycles. The van der Waals surface area contributed by atoms with Crippen LogP contribution in [0.25, 0.3) is 5.40 Å². The molecule has 0 aromatic rings. The van der Waals surface area contributed by atoms with Crippen LogP contribution in [0.2, 0.25) is 19.6 Å². The minimum atomic E-state index is -1.36. The number of allylic oxidation sites excluding steroid dienone is 4. The number of rotatable bonds is 0. The third-order valence-electron chi connectivity index (χ3n) is 2.24. The molecule has 0 spiro atoms. The molecule has 0 heterocycles. The Morgan fingerprint density at radius 1 is 1.15 bits per heavy atom. The summed E-state index contributed by atoms with van der Waals surface area (Å²) >= 11 is 2.08. The molecule has 1 N–H and O–H groups in total. The topological polar surface area (TPSA) is 23.8 Å². The number of nitrogens with one attached hydrogen (secondary N) is 1. The van der Waals surface area contributed by atoms with Gasteiger partial charge in [-0.05, 0) is 5.92 Å². The molecule has 2 aliphatic rings. The van der Waals surface area contributed by atoms with Gasteiger partial charge in [0.25, 0.3) is 0 Å². The second kappa shape index (κ2) is 13.5. The van der Waals surface area contributed by atoms with Crippen molar-refractivity contribution in [2.45, 2.75) is 46.3 Å². The van der Waals surface area contributed by atoms with Crippen LogP contribution in [-0.2, 0) is 20.0 Å². The number of fused-ring (bicyclic) bond motifs is 1. The van der Waals surface area contributed by atoms with E-state index in [0.717, 1.165) is 11.8 Å². The quantitative estimate of drug-likeness (QED) is 0.386. The Morgan fingerprint density at radius 3 is 1.95 bits per heavy atom. The van der Waals surface area contributed by atoms with E-state index in [2.05, 4.69) is 64.5 Å². The van der Waals surface area contributed by atoms with E-state index in [9.17, 15) is 0 Å². The number of hydrogen-bond acceptors (Lipinski definition) is 0. The first-order valence-electron chi connectivity index (χ1n) is 6.65. The third kappa shape index (κ3) is 18.8. The smallest absolute Gasteiger partial charge is 0.0701 e. The van der Waals surface area contributed by atoms with Crippen LogP contribution in [0.4, 0.5) is 0 Å². The fourth-order valence-corrected chi connectivity index (χ4v) is 1.69. The van der Waals surface area contributed by atoms with Gasteiger partial charge in [0, 0.05) is 0 Å². The molecule has 0 radical (unpaired) electrons. The molecule has 0 aromatic carbocycles. The van der Waals surface area contributed by atoms with Crippen LogP contribution in [0.1, 0.15) is 26.7 Å². The summed E-state index contributed by atoms with van der Waals surface area (Å²) in [6.45, 7) is 10.1. The maximum Gasteiger partial charge on any atom is -0.0701 e. The minimum absolute atomic E-state index is 0. The molecule has 20 heavy (non-hydrogen) atoms. The fourth-order valence-electron chi connectivity index (χ4n) is 1.69. The maximum absolute atomic E-state index is 7.08. The first-order chi connectivity index (χ1) is 8.20. The van der Waals surface area contributed by atoms with Crippen molar-refractivity contribution < 1.29 is 44.8 Å². The first kappa shape index (κ1) is 25.8. The monoisotopic (exact) mass is 367 g/mol. The van der Waals surface area contributed by atoms with Crippen LogP contribution < -0.4 is 24.8 Å². The van der Waals surface area contributed by atoms with Gasteiger partial charge in [-0.3, -0.25) is 0 Å². The zero-order chi connectivity index (χ0) is 14.2. The minimum Gasteiger partial charge on any atom is -1.00 e. The van der Waals surface area contributed by atoms with Crippen molar-refractivity contribution in [2.75, 3.05) is 0 Å². The fraction of sp³-hybridized carbons (Fsp3) is 0.600. The molecule has 1 saturated carbocycles. The summed E-state index contributed by atoms with van der Waals surface area (Å²) < 4.78 is 1.42. The molecular formula is C15H27Cl2NSiTi-2. The van der Waals surface area contributed by atoms with E-state index >= 15 is 0 Å². The van der Waals surface area contributed by atoms with Gasteiger partial charge in [0.2, 0.25) is 0 Å². The average Bonchev–Trinajstić information content (AvgIpc) is 2.61. The van der Waals surface area contributed by atoms with Gasteiger partial charge in [0.15, 0.2) is 0 Å². The van der Waals surface area contributed by atoms with E-state index in [0.29, 0.717) is 0 Å². The summed E-state index contributed by atoms with van der Waals surface area (Å²) in [5, 5.41) is 7.08. The summed E-state index contributed by atoms with van der Waals surface area (Å²) in [5.74, 6) is 1.62. The Balaban J connectivity index is -0.000000232. The Hall–Kier alpha value is 0.821.